The third kappa shape index (κ3) is 4.66. The molecule has 0 amide bonds. The fraction of sp³-hybridized carbons (Fsp3) is 0.440. The SMILES string of the molecule is COc1cc(-c2nc3ccc(Cl)cc3c(=O)n2CC2CCCC(CN)C2)cc(OC)c1OC. The first-order chi connectivity index (χ1) is 16.0. The van der Waals surface area contributed by atoms with Gasteiger partial charge in [0.15, 0.2) is 11.5 Å². The highest BCUT2D eigenvalue weighted by molar-refractivity contribution is 6.31. The van der Waals surface area contributed by atoms with Gasteiger partial charge in [-0.2, -0.15) is 0 Å². The van der Waals surface area contributed by atoms with Crippen molar-refractivity contribution in [3.05, 3.63) is 45.7 Å². The fourth-order valence-electron chi connectivity index (χ4n) is 4.83. The number of fused-ring (bicyclic) bond motifs is 1. The average Bonchev–Trinajstić information content (AvgIpc) is 2.85. The van der Waals surface area contributed by atoms with Crippen molar-refractivity contribution in [1.82, 2.24) is 9.55 Å². The quantitative estimate of drug-likeness (QED) is 0.545. The van der Waals surface area contributed by atoms with E-state index in [2.05, 4.69) is 0 Å². The Morgan fingerprint density at radius 2 is 1.76 bits per heavy atom. The van der Waals surface area contributed by atoms with Crippen LogP contribution in [0.3, 0.4) is 0 Å². The van der Waals surface area contributed by atoms with E-state index in [0.717, 1.165) is 25.7 Å². The van der Waals surface area contributed by atoms with Crippen LogP contribution >= 0.6 is 11.6 Å². The van der Waals surface area contributed by atoms with E-state index in [-0.39, 0.29) is 5.56 Å². The minimum absolute atomic E-state index is 0.110. The van der Waals surface area contributed by atoms with Gasteiger partial charge in [-0.05, 0) is 68.0 Å². The van der Waals surface area contributed by atoms with Crippen LogP contribution in [0.2, 0.25) is 5.02 Å². The molecule has 1 fully saturated rings. The van der Waals surface area contributed by atoms with Gasteiger partial charge >= 0.3 is 0 Å². The van der Waals surface area contributed by atoms with Crippen molar-refractivity contribution in [2.24, 2.45) is 17.6 Å². The molecular weight excluding hydrogens is 442 g/mol. The molecular formula is C25H30ClN3O4. The lowest BCUT2D eigenvalue weighted by molar-refractivity contribution is 0.246. The topological polar surface area (TPSA) is 88.6 Å². The van der Waals surface area contributed by atoms with Crippen LogP contribution < -0.4 is 25.5 Å². The third-order valence-electron chi connectivity index (χ3n) is 6.50. The van der Waals surface area contributed by atoms with E-state index >= 15 is 0 Å². The van der Waals surface area contributed by atoms with Gasteiger partial charge in [0, 0.05) is 17.1 Å². The molecule has 0 bridgehead atoms. The number of benzene rings is 2. The molecule has 1 aliphatic rings. The summed E-state index contributed by atoms with van der Waals surface area (Å²) in [6, 6.07) is 8.85. The molecule has 2 unspecified atom stereocenters. The summed E-state index contributed by atoms with van der Waals surface area (Å²) in [6.45, 7) is 1.24. The van der Waals surface area contributed by atoms with Crippen molar-refractivity contribution in [3.8, 4) is 28.6 Å². The highest BCUT2D eigenvalue weighted by atomic mass is 35.5. The number of nitrogens with zero attached hydrogens (tertiary/aromatic N) is 2. The number of halogens is 1. The van der Waals surface area contributed by atoms with Crippen molar-refractivity contribution in [3.63, 3.8) is 0 Å². The van der Waals surface area contributed by atoms with Gasteiger partial charge in [-0.1, -0.05) is 18.0 Å². The van der Waals surface area contributed by atoms with E-state index in [9.17, 15) is 4.79 Å². The summed E-state index contributed by atoms with van der Waals surface area (Å²) in [5.74, 6) is 2.90. The number of hydrogen-bond donors (Lipinski definition) is 1. The smallest absolute Gasteiger partial charge is 0.261 e. The van der Waals surface area contributed by atoms with Crippen molar-refractivity contribution in [2.75, 3.05) is 27.9 Å². The lowest BCUT2D eigenvalue weighted by Crippen LogP contribution is -2.30. The maximum atomic E-state index is 13.7. The van der Waals surface area contributed by atoms with Crippen LogP contribution in [0, 0.1) is 11.8 Å². The fourth-order valence-corrected chi connectivity index (χ4v) is 5.01. The molecule has 176 valence electrons. The molecule has 0 saturated heterocycles. The van der Waals surface area contributed by atoms with Crippen molar-refractivity contribution < 1.29 is 14.2 Å². The largest absolute Gasteiger partial charge is 0.493 e. The Bertz CT molecular complexity index is 1190. The lowest BCUT2D eigenvalue weighted by atomic mass is 9.81. The van der Waals surface area contributed by atoms with Gasteiger partial charge in [0.25, 0.3) is 5.56 Å². The molecule has 0 aliphatic heterocycles. The Morgan fingerprint density at radius 1 is 1.06 bits per heavy atom. The second-order valence-electron chi connectivity index (χ2n) is 8.56. The summed E-state index contributed by atoms with van der Waals surface area (Å²) < 4.78 is 18.3. The van der Waals surface area contributed by atoms with E-state index < -0.39 is 0 Å². The van der Waals surface area contributed by atoms with E-state index in [4.69, 9.17) is 36.5 Å². The zero-order valence-corrected chi connectivity index (χ0v) is 20.0. The molecule has 2 N–H and O–H groups in total. The molecule has 3 aromatic rings. The second-order valence-corrected chi connectivity index (χ2v) is 9.00. The zero-order chi connectivity index (χ0) is 23.5. The molecule has 0 spiro atoms. The molecule has 1 saturated carbocycles. The first-order valence-corrected chi connectivity index (χ1v) is 11.6. The summed E-state index contributed by atoms with van der Waals surface area (Å²) in [7, 11) is 4.70. The normalized spacial score (nSPS) is 18.3. The molecule has 4 rings (SSSR count). The molecule has 33 heavy (non-hydrogen) atoms. The third-order valence-corrected chi connectivity index (χ3v) is 6.74. The van der Waals surface area contributed by atoms with Crippen molar-refractivity contribution in [1.29, 1.82) is 0 Å². The van der Waals surface area contributed by atoms with Gasteiger partial charge in [0.05, 0.1) is 32.2 Å². The minimum atomic E-state index is -0.110. The van der Waals surface area contributed by atoms with Crippen LogP contribution in [0.4, 0.5) is 0 Å². The number of hydrogen-bond acceptors (Lipinski definition) is 6. The van der Waals surface area contributed by atoms with Gasteiger partial charge in [-0.25, -0.2) is 4.98 Å². The van der Waals surface area contributed by atoms with Crippen LogP contribution in [0.1, 0.15) is 25.7 Å². The van der Waals surface area contributed by atoms with Crippen LogP contribution in [0.15, 0.2) is 35.1 Å². The van der Waals surface area contributed by atoms with E-state index in [1.807, 2.05) is 12.1 Å². The number of ether oxygens (including phenoxy) is 3. The van der Waals surface area contributed by atoms with Crippen LogP contribution in [0.25, 0.3) is 22.3 Å². The van der Waals surface area contributed by atoms with Gasteiger partial charge < -0.3 is 19.9 Å². The molecule has 8 heteroatoms. The lowest BCUT2D eigenvalue weighted by Gasteiger charge is -2.29. The first-order valence-electron chi connectivity index (χ1n) is 11.2. The van der Waals surface area contributed by atoms with Crippen molar-refractivity contribution >= 4 is 22.5 Å². The number of rotatable bonds is 7. The van der Waals surface area contributed by atoms with E-state index in [1.165, 1.54) is 0 Å². The highest BCUT2D eigenvalue weighted by Crippen LogP contribution is 2.41. The Kier molecular flexibility index (Phi) is 7.10. The van der Waals surface area contributed by atoms with Gasteiger partial charge in [0.1, 0.15) is 5.82 Å². The average molecular weight is 472 g/mol. The molecule has 2 aromatic carbocycles. The first kappa shape index (κ1) is 23.4. The highest BCUT2D eigenvalue weighted by Gasteiger charge is 2.25. The Balaban J connectivity index is 1.91. The summed E-state index contributed by atoms with van der Waals surface area (Å²) in [5.41, 5.74) is 7.15. The van der Waals surface area contributed by atoms with Crippen molar-refractivity contribution in [2.45, 2.75) is 32.2 Å². The monoisotopic (exact) mass is 471 g/mol. The number of methoxy groups -OCH3 is 3. The maximum Gasteiger partial charge on any atom is 0.261 e. The predicted molar refractivity (Wildman–Crippen MR) is 131 cm³/mol. The zero-order valence-electron chi connectivity index (χ0n) is 19.3. The Morgan fingerprint density at radius 3 is 2.39 bits per heavy atom. The van der Waals surface area contributed by atoms with Crippen LogP contribution in [-0.4, -0.2) is 37.4 Å². The minimum Gasteiger partial charge on any atom is -0.493 e. The van der Waals surface area contributed by atoms with E-state index in [0.29, 0.717) is 69.5 Å². The second kappa shape index (κ2) is 10.0. The Hall–Kier alpha value is -2.77. The standard InChI is InChI=1S/C25H30ClN3O4/c1-31-21-10-17(11-22(32-2)23(21)33-3)24-28-20-8-7-18(26)12-19(20)25(30)29(24)14-16-6-4-5-15(9-16)13-27/h7-8,10-12,15-16H,4-6,9,13-14,27H2,1-3H3. The summed E-state index contributed by atoms with van der Waals surface area (Å²) in [5, 5.41) is 1.01. The van der Waals surface area contributed by atoms with Crippen LogP contribution in [-0.2, 0) is 6.54 Å². The van der Waals surface area contributed by atoms with Gasteiger partial charge in [-0.3, -0.25) is 9.36 Å². The van der Waals surface area contributed by atoms with Gasteiger partial charge in [-0.15, -0.1) is 0 Å². The summed E-state index contributed by atoms with van der Waals surface area (Å²) in [4.78, 5) is 18.6. The molecule has 1 aliphatic carbocycles. The van der Waals surface area contributed by atoms with Crippen LogP contribution in [0.5, 0.6) is 17.2 Å². The molecule has 1 heterocycles. The summed E-state index contributed by atoms with van der Waals surface area (Å²) in [6.07, 6.45) is 4.33. The van der Waals surface area contributed by atoms with Gasteiger partial charge in [0.2, 0.25) is 5.75 Å². The Labute approximate surface area is 198 Å². The number of nitrogens with two attached hydrogens (primary N) is 1. The predicted octanol–water partition coefficient (Wildman–Crippen LogP) is 4.51. The molecule has 0 radical (unpaired) electrons. The molecule has 1 aromatic heterocycles. The number of aromatic nitrogens is 2. The van der Waals surface area contributed by atoms with E-state index in [1.54, 1.807) is 44.1 Å². The molecule has 2 atom stereocenters. The summed E-state index contributed by atoms with van der Waals surface area (Å²) >= 11 is 6.21. The molecule has 7 nitrogen and oxygen atoms in total. The maximum absolute atomic E-state index is 13.7.